The van der Waals surface area contributed by atoms with Gasteiger partial charge in [0.1, 0.15) is 0 Å². The molecule has 0 aliphatic heterocycles. The molecule has 0 aromatic carbocycles. The van der Waals surface area contributed by atoms with Gasteiger partial charge in [-0.1, -0.05) is 33.3 Å². The van der Waals surface area contributed by atoms with E-state index >= 15 is 0 Å². The molecule has 6 rings (SSSR count). The van der Waals surface area contributed by atoms with Gasteiger partial charge in [-0.15, -0.1) is 0 Å². The Hall–Kier alpha value is -3.17. The Bertz CT molecular complexity index is 1620. The van der Waals surface area contributed by atoms with Gasteiger partial charge < -0.3 is 24.0 Å². The third-order valence-corrected chi connectivity index (χ3v) is 14.8. The maximum Gasteiger partial charge on any atom is 0.519 e. The molecule has 1 heterocycles. The van der Waals surface area contributed by atoms with Crippen LogP contribution < -0.4 is 11.1 Å². The van der Waals surface area contributed by atoms with Crippen LogP contribution in [0, 0.1) is 57.2 Å². The molecule has 1 aromatic rings. The zero-order chi connectivity index (χ0) is 34.5. The van der Waals surface area contributed by atoms with Crippen molar-refractivity contribution in [1.29, 1.82) is 0 Å². The normalized spacial score (nSPS) is 44.2. The highest BCUT2D eigenvalue weighted by Gasteiger charge is 2.72. The summed E-state index contributed by atoms with van der Waals surface area (Å²) in [5.74, 6) is -2.55. The van der Waals surface area contributed by atoms with Crippen molar-refractivity contribution in [3.63, 3.8) is 0 Å². The van der Waals surface area contributed by atoms with E-state index in [2.05, 4.69) is 33.0 Å². The summed E-state index contributed by atoms with van der Waals surface area (Å²) in [5.41, 5.74) is -2.16. The van der Waals surface area contributed by atoms with Gasteiger partial charge >= 0.3 is 17.8 Å². The quantitative estimate of drug-likeness (QED) is 0.357. The van der Waals surface area contributed by atoms with Crippen molar-refractivity contribution >= 4 is 23.6 Å². The van der Waals surface area contributed by atoms with Gasteiger partial charge in [0.25, 0.3) is 0 Å². The predicted molar refractivity (Wildman–Crippen MR) is 171 cm³/mol. The Morgan fingerprint density at radius 2 is 1.64 bits per heavy atom. The van der Waals surface area contributed by atoms with Gasteiger partial charge in [0.05, 0.1) is 10.8 Å². The number of carbonyl (C=O) groups is 4. The standard InChI is InChI=1S/C37H51NO9/c1-20-25(47-31(44)46-20)19-45-30(43)37(8)26-9-12-36(7)28(34(26,5)11-10-27(37)38-21(2)39)24(40)17-22-23-18-33(4,29(41)42)14-13-32(23,3)15-16-35(22,36)6/h17,23,26-28H,9-16,18-19H2,1-8H3,(H,38,39)(H,41,42)/t23-,26+,27-,28+,32+,33-,34-,35+,36+,37-/m0/s1. The molecule has 0 unspecified atom stereocenters. The zero-order valence-corrected chi connectivity index (χ0v) is 29.2. The topological polar surface area (TPSA) is 153 Å². The number of ether oxygens (including phenoxy) is 1. The Labute approximate surface area is 276 Å². The summed E-state index contributed by atoms with van der Waals surface area (Å²) >= 11 is 0. The van der Waals surface area contributed by atoms with Crippen LogP contribution in [-0.2, 0) is 30.5 Å². The molecule has 4 fully saturated rings. The number of carboxylic acids is 1. The second kappa shape index (κ2) is 10.7. The van der Waals surface area contributed by atoms with Gasteiger partial charge in [0, 0.05) is 18.9 Å². The second-order valence-corrected chi connectivity index (χ2v) is 17.1. The third kappa shape index (κ3) is 4.66. The number of allylic oxidation sites excluding steroid dienone is 2. The fourth-order valence-electron chi connectivity index (χ4n) is 11.6. The first-order valence-corrected chi connectivity index (χ1v) is 17.3. The zero-order valence-electron chi connectivity index (χ0n) is 29.2. The maximum absolute atomic E-state index is 14.7. The van der Waals surface area contributed by atoms with Gasteiger partial charge in [0.15, 0.2) is 23.9 Å². The van der Waals surface area contributed by atoms with E-state index in [1.165, 1.54) is 6.92 Å². The van der Waals surface area contributed by atoms with Gasteiger partial charge in [-0.3, -0.25) is 19.2 Å². The van der Waals surface area contributed by atoms with E-state index in [0.717, 1.165) is 24.8 Å². The summed E-state index contributed by atoms with van der Waals surface area (Å²) in [6, 6.07) is -0.501. The Balaban J connectivity index is 1.40. The molecule has 5 aliphatic rings. The summed E-state index contributed by atoms with van der Waals surface area (Å²) in [7, 11) is 0. The summed E-state index contributed by atoms with van der Waals surface area (Å²) in [6.07, 6.45) is 8.35. The fourth-order valence-corrected chi connectivity index (χ4v) is 11.6. The molecule has 5 aliphatic carbocycles. The van der Waals surface area contributed by atoms with Crippen LogP contribution in [0.5, 0.6) is 0 Å². The van der Waals surface area contributed by atoms with E-state index in [1.54, 1.807) is 6.92 Å². The first kappa shape index (κ1) is 33.7. The van der Waals surface area contributed by atoms with Crippen molar-refractivity contribution in [3.05, 3.63) is 33.8 Å². The molecule has 1 amide bonds. The molecule has 10 atom stereocenters. The Morgan fingerprint density at radius 3 is 2.26 bits per heavy atom. The predicted octanol–water partition coefficient (Wildman–Crippen LogP) is 6.13. The van der Waals surface area contributed by atoms with Crippen LogP contribution in [0.25, 0.3) is 0 Å². The number of carboxylic acid groups (broad SMARTS) is 1. The van der Waals surface area contributed by atoms with E-state index in [4.69, 9.17) is 13.6 Å². The van der Waals surface area contributed by atoms with Crippen molar-refractivity contribution in [2.45, 2.75) is 126 Å². The molecule has 10 heteroatoms. The number of carbonyl (C=O) groups excluding carboxylic acids is 3. The van der Waals surface area contributed by atoms with Crippen LogP contribution >= 0.6 is 0 Å². The summed E-state index contributed by atoms with van der Waals surface area (Å²) in [4.78, 5) is 65.5. The summed E-state index contributed by atoms with van der Waals surface area (Å²) < 4.78 is 15.9. The molecule has 10 nitrogen and oxygen atoms in total. The van der Waals surface area contributed by atoms with Gasteiger partial charge in [-0.2, -0.15) is 0 Å². The first-order valence-electron chi connectivity index (χ1n) is 17.3. The van der Waals surface area contributed by atoms with Crippen LogP contribution in [0.4, 0.5) is 0 Å². The molecule has 47 heavy (non-hydrogen) atoms. The van der Waals surface area contributed by atoms with Gasteiger partial charge in [0.2, 0.25) is 5.91 Å². The van der Waals surface area contributed by atoms with Crippen LogP contribution in [0.15, 0.2) is 25.3 Å². The van der Waals surface area contributed by atoms with Crippen molar-refractivity contribution in [2.24, 2.45) is 50.2 Å². The lowest BCUT2D eigenvalue weighted by Crippen LogP contribution is -2.69. The minimum atomic E-state index is -1.15. The number of hydrogen-bond acceptors (Lipinski definition) is 8. The Kier molecular flexibility index (Phi) is 7.65. The first-order chi connectivity index (χ1) is 21.7. The highest BCUT2D eigenvalue weighted by atomic mass is 16.6. The van der Waals surface area contributed by atoms with Gasteiger partial charge in [-0.05, 0) is 118 Å². The third-order valence-electron chi connectivity index (χ3n) is 14.8. The molecular formula is C37H51NO9. The minimum Gasteiger partial charge on any atom is -0.481 e. The smallest absolute Gasteiger partial charge is 0.481 e. The van der Waals surface area contributed by atoms with E-state index in [-0.39, 0.29) is 58.4 Å². The number of nitrogens with one attached hydrogen (secondary N) is 1. The van der Waals surface area contributed by atoms with Crippen LogP contribution in [0.1, 0.15) is 118 Å². The molecule has 0 bridgehead atoms. The highest BCUT2D eigenvalue weighted by Crippen LogP contribution is 2.75. The number of esters is 1. The lowest BCUT2D eigenvalue weighted by Gasteiger charge is -2.70. The second-order valence-electron chi connectivity index (χ2n) is 17.1. The van der Waals surface area contributed by atoms with Crippen molar-refractivity contribution in [3.8, 4) is 0 Å². The largest absolute Gasteiger partial charge is 0.519 e. The molecule has 0 spiro atoms. The molecule has 258 valence electrons. The highest BCUT2D eigenvalue weighted by molar-refractivity contribution is 5.96. The lowest BCUT2D eigenvalue weighted by molar-refractivity contribution is -0.205. The summed E-state index contributed by atoms with van der Waals surface area (Å²) in [6.45, 7) is 15.5. The Morgan fingerprint density at radius 1 is 0.957 bits per heavy atom. The molecule has 4 saturated carbocycles. The van der Waals surface area contributed by atoms with Crippen LogP contribution in [0.3, 0.4) is 0 Å². The van der Waals surface area contributed by atoms with Crippen molar-refractivity contribution in [1.82, 2.24) is 5.32 Å². The maximum atomic E-state index is 14.7. The number of hydrogen-bond donors (Lipinski definition) is 2. The average Bonchev–Trinajstić information content (AvgIpc) is 3.31. The average molecular weight is 654 g/mol. The van der Waals surface area contributed by atoms with Gasteiger partial charge in [-0.25, -0.2) is 4.79 Å². The summed E-state index contributed by atoms with van der Waals surface area (Å²) in [5, 5.41) is 13.2. The minimum absolute atomic E-state index is 0.0190. The number of aryl methyl sites for hydroxylation is 1. The lowest BCUT2D eigenvalue weighted by atomic mass is 9.33. The van der Waals surface area contributed by atoms with Crippen molar-refractivity contribution < 1.29 is 37.9 Å². The van der Waals surface area contributed by atoms with E-state index in [0.29, 0.717) is 38.5 Å². The van der Waals surface area contributed by atoms with Crippen LogP contribution in [0.2, 0.25) is 0 Å². The SMILES string of the molecule is CC(=O)N[C@H]1CC[C@@]2(C)[C@@H](CC[C@]3(C)[C@@H]2C(=O)C=C2[C@@H]4C[C@@](C)(C(=O)O)CC[C@]4(C)CC[C@]23C)[C@]1(C)C(=O)OCc1oc(=O)oc1C. The number of aliphatic carboxylic acids is 1. The molecule has 1 aromatic heterocycles. The van der Waals surface area contributed by atoms with Crippen LogP contribution in [-0.4, -0.2) is 34.8 Å². The number of ketones is 1. The molecule has 0 saturated heterocycles. The monoisotopic (exact) mass is 653 g/mol. The van der Waals surface area contributed by atoms with E-state index in [1.807, 2.05) is 19.9 Å². The van der Waals surface area contributed by atoms with E-state index < -0.39 is 45.5 Å². The number of fused-ring (bicyclic) bond motifs is 7. The molecule has 2 N–H and O–H groups in total. The van der Waals surface area contributed by atoms with E-state index in [9.17, 15) is 29.1 Å². The number of rotatable bonds is 5. The molecular weight excluding hydrogens is 602 g/mol. The molecule has 0 radical (unpaired) electrons. The van der Waals surface area contributed by atoms with Crippen molar-refractivity contribution in [2.75, 3.05) is 0 Å². The number of amides is 1. The fraction of sp³-hybridized carbons (Fsp3) is 0.757.